The summed E-state index contributed by atoms with van der Waals surface area (Å²) < 4.78 is 13.8. The highest BCUT2D eigenvalue weighted by molar-refractivity contribution is 5.77. The van der Waals surface area contributed by atoms with Crippen LogP contribution in [0.2, 0.25) is 0 Å². The summed E-state index contributed by atoms with van der Waals surface area (Å²) in [6, 6.07) is 5.38. The van der Waals surface area contributed by atoms with E-state index >= 15 is 0 Å². The zero-order valence-corrected chi connectivity index (χ0v) is 16.2. The molecule has 2 fully saturated rings. The molecule has 1 aromatic rings. The summed E-state index contributed by atoms with van der Waals surface area (Å²) >= 11 is 0. The second-order valence-electron chi connectivity index (χ2n) is 7.92. The van der Waals surface area contributed by atoms with Gasteiger partial charge in [0.1, 0.15) is 11.6 Å². The van der Waals surface area contributed by atoms with Crippen LogP contribution in [0.25, 0.3) is 0 Å². The molecule has 0 amide bonds. The van der Waals surface area contributed by atoms with Gasteiger partial charge in [0.25, 0.3) is 0 Å². The molecule has 0 spiro atoms. The largest absolute Gasteiger partial charge is 0.369 e. The SMILES string of the molecule is CC(=O)CN1CCC(CCN2CCN(c3cccc(F)c3C)CC2)CC1. The number of benzene rings is 1. The topological polar surface area (TPSA) is 26.8 Å². The standard InChI is InChI=1S/C21H32FN3O/c1-17(26)16-24-10-7-19(8-11-24)6-9-23-12-14-25(15-13-23)21-5-3-4-20(22)18(21)2/h3-5,19H,6-16H2,1-2H3. The zero-order valence-electron chi connectivity index (χ0n) is 16.2. The number of piperidine rings is 1. The third-order valence-electron chi connectivity index (χ3n) is 5.96. The molecule has 0 aliphatic carbocycles. The molecule has 144 valence electrons. The second-order valence-corrected chi connectivity index (χ2v) is 7.92. The first-order valence-electron chi connectivity index (χ1n) is 9.97. The highest BCUT2D eigenvalue weighted by Crippen LogP contribution is 2.24. The number of ketones is 1. The van der Waals surface area contributed by atoms with Crippen molar-refractivity contribution in [1.29, 1.82) is 0 Å². The van der Waals surface area contributed by atoms with Crippen LogP contribution in [-0.4, -0.2) is 67.9 Å². The first-order chi connectivity index (χ1) is 12.5. The van der Waals surface area contributed by atoms with Crippen molar-refractivity contribution in [2.45, 2.75) is 33.1 Å². The maximum absolute atomic E-state index is 13.8. The van der Waals surface area contributed by atoms with Gasteiger partial charge in [0.05, 0.1) is 6.54 Å². The Morgan fingerprint density at radius 1 is 1.08 bits per heavy atom. The second kappa shape index (κ2) is 8.96. The van der Waals surface area contributed by atoms with Crippen molar-refractivity contribution in [2.75, 3.05) is 57.3 Å². The molecule has 2 aliphatic heterocycles. The smallest absolute Gasteiger partial charge is 0.143 e. The molecule has 4 nitrogen and oxygen atoms in total. The third kappa shape index (κ3) is 5.04. The van der Waals surface area contributed by atoms with Gasteiger partial charge in [0, 0.05) is 37.4 Å². The molecule has 1 aromatic carbocycles. The summed E-state index contributed by atoms with van der Waals surface area (Å²) in [6.07, 6.45) is 3.69. The molecule has 3 rings (SSSR count). The number of carbonyl (C=O) groups is 1. The highest BCUT2D eigenvalue weighted by Gasteiger charge is 2.23. The number of halogens is 1. The molecule has 2 heterocycles. The van der Waals surface area contributed by atoms with Crippen LogP contribution in [0.1, 0.15) is 31.7 Å². The lowest BCUT2D eigenvalue weighted by Crippen LogP contribution is -2.47. The van der Waals surface area contributed by atoms with Crippen molar-refractivity contribution in [3.63, 3.8) is 0 Å². The quantitative estimate of drug-likeness (QED) is 0.778. The molecule has 26 heavy (non-hydrogen) atoms. The minimum atomic E-state index is -0.110. The van der Waals surface area contributed by atoms with Crippen LogP contribution in [0.3, 0.4) is 0 Å². The molecule has 5 heteroatoms. The third-order valence-corrected chi connectivity index (χ3v) is 5.96. The van der Waals surface area contributed by atoms with E-state index in [1.807, 2.05) is 19.1 Å². The van der Waals surface area contributed by atoms with Gasteiger partial charge >= 0.3 is 0 Å². The summed E-state index contributed by atoms with van der Waals surface area (Å²) in [6.45, 7) is 11.5. The number of anilines is 1. The number of carbonyl (C=O) groups excluding carboxylic acids is 1. The Morgan fingerprint density at radius 2 is 1.77 bits per heavy atom. The van der Waals surface area contributed by atoms with Gasteiger partial charge in [-0.3, -0.25) is 14.6 Å². The van der Waals surface area contributed by atoms with E-state index in [-0.39, 0.29) is 11.6 Å². The van der Waals surface area contributed by atoms with Crippen LogP contribution >= 0.6 is 0 Å². The van der Waals surface area contributed by atoms with Crippen LogP contribution in [0.15, 0.2) is 18.2 Å². The van der Waals surface area contributed by atoms with E-state index in [1.165, 1.54) is 25.3 Å². The Labute approximate surface area is 157 Å². The van der Waals surface area contributed by atoms with Gasteiger partial charge in [-0.2, -0.15) is 0 Å². The number of likely N-dealkylation sites (tertiary alicyclic amines) is 1. The van der Waals surface area contributed by atoms with Gasteiger partial charge in [-0.1, -0.05) is 6.07 Å². The van der Waals surface area contributed by atoms with E-state index in [9.17, 15) is 9.18 Å². The predicted octanol–water partition coefficient (Wildman–Crippen LogP) is 2.95. The van der Waals surface area contributed by atoms with E-state index in [0.717, 1.165) is 63.0 Å². The van der Waals surface area contributed by atoms with Gasteiger partial charge in [0.2, 0.25) is 0 Å². The van der Waals surface area contributed by atoms with Crippen LogP contribution in [-0.2, 0) is 4.79 Å². The van der Waals surface area contributed by atoms with Gasteiger partial charge in [-0.05, 0) is 70.8 Å². The van der Waals surface area contributed by atoms with E-state index in [0.29, 0.717) is 6.54 Å². The Morgan fingerprint density at radius 3 is 2.42 bits per heavy atom. The molecular formula is C21H32FN3O. The first-order valence-corrected chi connectivity index (χ1v) is 9.97. The molecule has 0 unspecified atom stereocenters. The molecule has 0 N–H and O–H groups in total. The summed E-state index contributed by atoms with van der Waals surface area (Å²) in [4.78, 5) is 18.4. The van der Waals surface area contributed by atoms with E-state index in [2.05, 4.69) is 14.7 Å². The summed E-state index contributed by atoms with van der Waals surface area (Å²) in [7, 11) is 0. The Balaban J connectivity index is 1.38. The van der Waals surface area contributed by atoms with Gasteiger partial charge < -0.3 is 4.90 Å². The van der Waals surface area contributed by atoms with Gasteiger partial charge in [0.15, 0.2) is 0 Å². The Hall–Kier alpha value is -1.46. The monoisotopic (exact) mass is 361 g/mol. The molecule has 0 bridgehead atoms. The Bertz CT molecular complexity index is 605. The molecule has 0 radical (unpaired) electrons. The van der Waals surface area contributed by atoms with Crippen LogP contribution < -0.4 is 4.90 Å². The van der Waals surface area contributed by atoms with Crippen molar-refractivity contribution in [1.82, 2.24) is 9.80 Å². The predicted molar refractivity (Wildman–Crippen MR) is 104 cm³/mol. The molecule has 0 saturated carbocycles. The van der Waals surface area contributed by atoms with Crippen LogP contribution in [0.5, 0.6) is 0 Å². The lowest BCUT2D eigenvalue weighted by molar-refractivity contribution is -0.118. The number of hydrogen-bond acceptors (Lipinski definition) is 4. The fraction of sp³-hybridized carbons (Fsp3) is 0.667. The molecule has 2 aliphatic rings. The lowest BCUT2D eigenvalue weighted by atomic mass is 9.93. The summed E-state index contributed by atoms with van der Waals surface area (Å²) in [5, 5.41) is 0. The maximum atomic E-state index is 13.8. The van der Waals surface area contributed by atoms with Crippen molar-refractivity contribution in [3.05, 3.63) is 29.6 Å². The number of nitrogens with zero attached hydrogens (tertiary/aromatic N) is 3. The van der Waals surface area contributed by atoms with E-state index in [1.54, 1.807) is 6.92 Å². The summed E-state index contributed by atoms with van der Waals surface area (Å²) in [5.74, 6) is 0.956. The Kier molecular flexibility index (Phi) is 6.65. The highest BCUT2D eigenvalue weighted by atomic mass is 19.1. The minimum absolute atomic E-state index is 0.110. The zero-order chi connectivity index (χ0) is 18.5. The van der Waals surface area contributed by atoms with Crippen LogP contribution in [0, 0.1) is 18.7 Å². The number of hydrogen-bond donors (Lipinski definition) is 0. The first kappa shape index (κ1) is 19.3. The fourth-order valence-electron chi connectivity index (χ4n) is 4.26. The number of piperazine rings is 1. The van der Waals surface area contributed by atoms with E-state index in [4.69, 9.17) is 0 Å². The average molecular weight is 362 g/mol. The maximum Gasteiger partial charge on any atom is 0.143 e. The summed E-state index contributed by atoms with van der Waals surface area (Å²) in [5.41, 5.74) is 1.81. The van der Waals surface area contributed by atoms with Crippen molar-refractivity contribution >= 4 is 11.5 Å². The molecular weight excluding hydrogens is 329 g/mol. The van der Waals surface area contributed by atoms with Gasteiger partial charge in [-0.25, -0.2) is 4.39 Å². The van der Waals surface area contributed by atoms with E-state index < -0.39 is 0 Å². The molecule has 0 aromatic heterocycles. The average Bonchev–Trinajstić information content (AvgIpc) is 2.63. The van der Waals surface area contributed by atoms with Crippen molar-refractivity contribution in [2.24, 2.45) is 5.92 Å². The lowest BCUT2D eigenvalue weighted by Gasteiger charge is -2.38. The minimum Gasteiger partial charge on any atom is -0.369 e. The van der Waals surface area contributed by atoms with Crippen molar-refractivity contribution in [3.8, 4) is 0 Å². The molecule has 2 saturated heterocycles. The molecule has 0 atom stereocenters. The number of Topliss-reactive ketones (excluding diaryl/α,β-unsaturated/α-hetero) is 1. The normalized spacial score (nSPS) is 20.5. The van der Waals surface area contributed by atoms with Crippen LogP contribution in [0.4, 0.5) is 10.1 Å². The fourth-order valence-corrected chi connectivity index (χ4v) is 4.26. The van der Waals surface area contributed by atoms with Gasteiger partial charge in [-0.15, -0.1) is 0 Å². The van der Waals surface area contributed by atoms with Crippen molar-refractivity contribution < 1.29 is 9.18 Å². The number of rotatable bonds is 6.